The van der Waals surface area contributed by atoms with Crippen LogP contribution in [0.2, 0.25) is 0 Å². The van der Waals surface area contributed by atoms with Crippen molar-refractivity contribution < 1.29 is 32.6 Å². The number of allylic oxidation sites excluding steroid dienone is 1. The van der Waals surface area contributed by atoms with E-state index in [1.807, 2.05) is 0 Å². The lowest BCUT2D eigenvalue weighted by Crippen LogP contribution is -2.36. The highest BCUT2D eigenvalue weighted by Gasteiger charge is 2.39. The minimum absolute atomic E-state index is 0.100. The zero-order chi connectivity index (χ0) is 16.8. The summed E-state index contributed by atoms with van der Waals surface area (Å²) in [6.45, 7) is 8.06. The van der Waals surface area contributed by atoms with Gasteiger partial charge in [0.2, 0.25) is 0 Å². The summed E-state index contributed by atoms with van der Waals surface area (Å²) in [6.07, 6.45) is -5.15. The van der Waals surface area contributed by atoms with Crippen molar-refractivity contribution in [2.75, 3.05) is 0 Å². The number of alkyl halides is 3. The molecule has 0 saturated carbocycles. The molecule has 0 aromatic rings. The number of hydrogen-bond acceptors (Lipinski definition) is 3. The number of carbonyl (C=O) groups excluding carboxylic acids is 1. The van der Waals surface area contributed by atoms with E-state index < -0.39 is 48.4 Å². The molecule has 0 amide bonds. The molecular weight excluding hydrogens is 289 g/mol. The molecule has 4 nitrogen and oxygen atoms in total. The van der Waals surface area contributed by atoms with Gasteiger partial charge in [-0.15, -0.1) is 6.58 Å². The second-order valence-electron chi connectivity index (χ2n) is 5.76. The molecule has 0 saturated heterocycles. The van der Waals surface area contributed by atoms with Gasteiger partial charge in [-0.2, -0.15) is 13.2 Å². The topological polar surface area (TPSA) is 63.6 Å². The molecule has 0 fully saturated rings. The van der Waals surface area contributed by atoms with Crippen LogP contribution in [0.1, 0.15) is 40.0 Å². The van der Waals surface area contributed by atoms with E-state index in [2.05, 4.69) is 6.58 Å². The first-order chi connectivity index (χ1) is 9.37. The Bertz CT molecular complexity index is 383. The van der Waals surface area contributed by atoms with Gasteiger partial charge in [0.15, 0.2) is 0 Å². The molecule has 0 aromatic carbocycles. The molecular formula is C14H21F3O4. The summed E-state index contributed by atoms with van der Waals surface area (Å²) in [7, 11) is 0. The van der Waals surface area contributed by atoms with E-state index in [4.69, 9.17) is 9.84 Å². The van der Waals surface area contributed by atoms with E-state index in [1.165, 1.54) is 6.08 Å². The van der Waals surface area contributed by atoms with Crippen molar-refractivity contribution in [2.45, 2.75) is 51.8 Å². The van der Waals surface area contributed by atoms with Crippen LogP contribution in [0.15, 0.2) is 12.7 Å². The second kappa shape index (κ2) is 7.47. The van der Waals surface area contributed by atoms with Crippen molar-refractivity contribution in [3.8, 4) is 0 Å². The van der Waals surface area contributed by atoms with Gasteiger partial charge in [-0.25, -0.2) is 0 Å². The van der Waals surface area contributed by atoms with Crippen molar-refractivity contribution in [2.24, 2.45) is 11.8 Å². The molecule has 0 rings (SSSR count). The molecule has 0 aliphatic carbocycles. The maximum Gasteiger partial charge on any atom is 0.389 e. The van der Waals surface area contributed by atoms with Gasteiger partial charge in [-0.05, 0) is 33.6 Å². The normalized spacial score (nSPS) is 15.1. The Morgan fingerprint density at radius 1 is 1.24 bits per heavy atom. The zero-order valence-electron chi connectivity index (χ0n) is 12.4. The number of ether oxygens (including phenoxy) is 1. The van der Waals surface area contributed by atoms with Crippen molar-refractivity contribution in [1.82, 2.24) is 0 Å². The molecule has 1 N–H and O–H groups in total. The van der Waals surface area contributed by atoms with E-state index in [-0.39, 0.29) is 6.42 Å². The average Bonchev–Trinajstić information content (AvgIpc) is 2.23. The Balaban J connectivity index is 5.19. The van der Waals surface area contributed by atoms with Gasteiger partial charge in [-0.1, -0.05) is 6.08 Å². The van der Waals surface area contributed by atoms with Crippen molar-refractivity contribution in [3.63, 3.8) is 0 Å². The molecule has 7 heteroatoms. The van der Waals surface area contributed by atoms with Crippen LogP contribution >= 0.6 is 0 Å². The van der Waals surface area contributed by atoms with Crippen LogP contribution in [0.3, 0.4) is 0 Å². The Morgan fingerprint density at radius 3 is 2.10 bits per heavy atom. The Kier molecular flexibility index (Phi) is 6.93. The zero-order valence-corrected chi connectivity index (χ0v) is 12.4. The standard InChI is InChI=1S/C14H21F3O4/c1-5-6-9(11(18)19)10(7-8-14(15,16)17)12(20)21-13(2,3)4/h5,9-10H,1,6-8H2,2-4H3,(H,18,19)/t9-,10+/m0/s1. The fraction of sp³-hybridized carbons (Fsp3) is 0.714. The molecule has 0 aliphatic heterocycles. The van der Waals surface area contributed by atoms with E-state index in [0.717, 1.165) is 0 Å². The number of halogens is 3. The van der Waals surface area contributed by atoms with Gasteiger partial charge in [0.25, 0.3) is 0 Å². The molecule has 21 heavy (non-hydrogen) atoms. The summed E-state index contributed by atoms with van der Waals surface area (Å²) >= 11 is 0. The number of hydrogen-bond donors (Lipinski definition) is 1. The summed E-state index contributed by atoms with van der Waals surface area (Å²) in [5.74, 6) is -4.91. The summed E-state index contributed by atoms with van der Waals surface area (Å²) in [6, 6.07) is 0. The van der Waals surface area contributed by atoms with Crippen LogP contribution in [-0.4, -0.2) is 28.8 Å². The van der Waals surface area contributed by atoms with Gasteiger partial charge in [0, 0.05) is 6.42 Å². The second-order valence-corrected chi connectivity index (χ2v) is 5.76. The third-order valence-corrected chi connectivity index (χ3v) is 2.67. The summed E-state index contributed by atoms with van der Waals surface area (Å²) in [5.41, 5.74) is -0.898. The maximum atomic E-state index is 12.3. The summed E-state index contributed by atoms with van der Waals surface area (Å²) < 4.78 is 42.1. The summed E-state index contributed by atoms with van der Waals surface area (Å²) in [5, 5.41) is 9.11. The van der Waals surface area contributed by atoms with Gasteiger partial charge in [-0.3, -0.25) is 9.59 Å². The van der Waals surface area contributed by atoms with Gasteiger partial charge in [0.05, 0.1) is 11.8 Å². The van der Waals surface area contributed by atoms with Gasteiger partial charge < -0.3 is 9.84 Å². The lowest BCUT2D eigenvalue weighted by atomic mass is 9.85. The summed E-state index contributed by atoms with van der Waals surface area (Å²) in [4.78, 5) is 23.2. The Labute approximate surface area is 122 Å². The van der Waals surface area contributed by atoms with Crippen LogP contribution in [0.5, 0.6) is 0 Å². The fourth-order valence-electron chi connectivity index (χ4n) is 1.80. The molecule has 0 aliphatic rings. The lowest BCUT2D eigenvalue weighted by Gasteiger charge is -2.27. The number of carboxylic acids is 1. The SMILES string of the molecule is C=CC[C@H](C(=O)O)[C@@H](CCC(F)(F)F)C(=O)OC(C)(C)C. The minimum Gasteiger partial charge on any atom is -0.481 e. The number of aliphatic carboxylic acids is 1. The smallest absolute Gasteiger partial charge is 0.389 e. The number of carboxylic acid groups (broad SMARTS) is 1. The van der Waals surface area contributed by atoms with Crippen LogP contribution in [0.4, 0.5) is 13.2 Å². The monoisotopic (exact) mass is 310 g/mol. The van der Waals surface area contributed by atoms with E-state index in [9.17, 15) is 22.8 Å². The molecule has 0 spiro atoms. The minimum atomic E-state index is -4.46. The van der Waals surface area contributed by atoms with Crippen LogP contribution in [-0.2, 0) is 14.3 Å². The molecule has 0 aromatic heterocycles. The first-order valence-electron chi connectivity index (χ1n) is 6.50. The van der Waals surface area contributed by atoms with Crippen LogP contribution in [0.25, 0.3) is 0 Å². The molecule has 0 unspecified atom stereocenters. The van der Waals surface area contributed by atoms with Crippen LogP contribution < -0.4 is 0 Å². The lowest BCUT2D eigenvalue weighted by molar-refractivity contribution is -0.170. The number of carbonyl (C=O) groups is 2. The predicted molar refractivity (Wildman–Crippen MR) is 70.6 cm³/mol. The van der Waals surface area contributed by atoms with E-state index in [1.54, 1.807) is 20.8 Å². The molecule has 2 atom stereocenters. The van der Waals surface area contributed by atoms with Crippen molar-refractivity contribution in [3.05, 3.63) is 12.7 Å². The third kappa shape index (κ3) is 8.37. The van der Waals surface area contributed by atoms with Crippen molar-refractivity contribution >= 4 is 11.9 Å². The fourth-order valence-corrected chi connectivity index (χ4v) is 1.80. The largest absolute Gasteiger partial charge is 0.481 e. The van der Waals surface area contributed by atoms with Gasteiger partial charge >= 0.3 is 18.1 Å². The van der Waals surface area contributed by atoms with Gasteiger partial charge in [0.1, 0.15) is 5.60 Å². The highest BCUT2D eigenvalue weighted by Crippen LogP contribution is 2.31. The molecule has 0 radical (unpaired) electrons. The average molecular weight is 310 g/mol. The quantitative estimate of drug-likeness (QED) is 0.577. The Morgan fingerprint density at radius 2 is 1.76 bits per heavy atom. The molecule has 122 valence electrons. The number of rotatable bonds is 7. The Hall–Kier alpha value is -1.53. The first-order valence-corrected chi connectivity index (χ1v) is 6.50. The molecule has 0 bridgehead atoms. The highest BCUT2D eigenvalue weighted by atomic mass is 19.4. The highest BCUT2D eigenvalue weighted by molar-refractivity contribution is 5.81. The first kappa shape index (κ1) is 19.5. The van der Waals surface area contributed by atoms with Crippen LogP contribution in [0, 0.1) is 11.8 Å². The third-order valence-electron chi connectivity index (χ3n) is 2.67. The van der Waals surface area contributed by atoms with E-state index >= 15 is 0 Å². The van der Waals surface area contributed by atoms with E-state index in [0.29, 0.717) is 0 Å². The predicted octanol–water partition coefficient (Wildman–Crippen LogP) is 3.56. The molecule has 0 heterocycles. The number of esters is 1. The van der Waals surface area contributed by atoms with Crippen molar-refractivity contribution in [1.29, 1.82) is 0 Å². The maximum absolute atomic E-state index is 12.3.